The molecule has 1 aliphatic heterocycles. The SMILES string of the molecule is Cl.NCC(=O)N1CCN(S(=O)(=O)c2ccc(Br)cc2)CC1. The summed E-state index contributed by atoms with van der Waals surface area (Å²) in [5.74, 6) is -0.148. The van der Waals surface area contributed by atoms with Crippen LogP contribution in [0.4, 0.5) is 0 Å². The van der Waals surface area contributed by atoms with E-state index in [1.807, 2.05) is 0 Å². The first-order valence-electron chi connectivity index (χ1n) is 6.18. The molecule has 0 bridgehead atoms. The second-order valence-corrected chi connectivity index (χ2v) is 7.30. The number of hydrogen-bond acceptors (Lipinski definition) is 4. The average molecular weight is 399 g/mol. The molecule has 1 amide bonds. The summed E-state index contributed by atoms with van der Waals surface area (Å²) in [6, 6.07) is 6.52. The van der Waals surface area contributed by atoms with Gasteiger partial charge in [0, 0.05) is 30.7 Å². The quantitative estimate of drug-likeness (QED) is 0.811. The van der Waals surface area contributed by atoms with Crippen molar-refractivity contribution in [2.75, 3.05) is 32.7 Å². The highest BCUT2D eigenvalue weighted by atomic mass is 79.9. The van der Waals surface area contributed by atoms with Crippen molar-refractivity contribution in [2.24, 2.45) is 5.73 Å². The van der Waals surface area contributed by atoms with Crippen molar-refractivity contribution in [3.05, 3.63) is 28.7 Å². The lowest BCUT2D eigenvalue weighted by atomic mass is 10.3. The highest BCUT2D eigenvalue weighted by molar-refractivity contribution is 9.10. The normalized spacial score (nSPS) is 16.4. The minimum atomic E-state index is -3.49. The molecule has 0 aromatic heterocycles. The molecule has 6 nitrogen and oxygen atoms in total. The van der Waals surface area contributed by atoms with Gasteiger partial charge in [0.2, 0.25) is 15.9 Å². The number of sulfonamides is 1. The Bertz CT molecular complexity index is 586. The topological polar surface area (TPSA) is 83.7 Å². The van der Waals surface area contributed by atoms with E-state index in [9.17, 15) is 13.2 Å². The Kier molecular flexibility index (Phi) is 6.61. The number of hydrogen-bond donors (Lipinski definition) is 1. The molecule has 1 aromatic carbocycles. The highest BCUT2D eigenvalue weighted by Gasteiger charge is 2.29. The van der Waals surface area contributed by atoms with E-state index >= 15 is 0 Å². The summed E-state index contributed by atoms with van der Waals surface area (Å²) < 4.78 is 27.1. The molecule has 0 unspecified atom stereocenters. The Morgan fingerprint density at radius 1 is 1.14 bits per heavy atom. The lowest BCUT2D eigenvalue weighted by Gasteiger charge is -2.33. The molecular formula is C12H17BrClN3O3S. The highest BCUT2D eigenvalue weighted by Crippen LogP contribution is 2.20. The molecule has 21 heavy (non-hydrogen) atoms. The number of benzene rings is 1. The van der Waals surface area contributed by atoms with Crippen LogP contribution in [0, 0.1) is 0 Å². The lowest BCUT2D eigenvalue weighted by molar-refractivity contribution is -0.130. The number of halogens is 2. The van der Waals surface area contributed by atoms with Gasteiger partial charge in [0.1, 0.15) is 0 Å². The zero-order chi connectivity index (χ0) is 14.8. The number of rotatable bonds is 3. The third-order valence-corrected chi connectivity index (χ3v) is 5.66. The smallest absolute Gasteiger partial charge is 0.243 e. The molecule has 1 heterocycles. The molecule has 1 aliphatic rings. The molecule has 2 rings (SSSR count). The van der Waals surface area contributed by atoms with Crippen LogP contribution >= 0.6 is 28.3 Å². The summed E-state index contributed by atoms with van der Waals surface area (Å²) in [6.45, 7) is 1.31. The zero-order valence-corrected chi connectivity index (χ0v) is 14.5. The van der Waals surface area contributed by atoms with Crippen molar-refractivity contribution < 1.29 is 13.2 Å². The fourth-order valence-electron chi connectivity index (χ4n) is 2.06. The number of amides is 1. The Labute approximate surface area is 138 Å². The average Bonchev–Trinajstić information content (AvgIpc) is 2.47. The van der Waals surface area contributed by atoms with Gasteiger partial charge in [-0.1, -0.05) is 15.9 Å². The van der Waals surface area contributed by atoms with Crippen LogP contribution in [0.3, 0.4) is 0 Å². The van der Waals surface area contributed by atoms with Gasteiger partial charge < -0.3 is 10.6 Å². The predicted molar refractivity (Wildman–Crippen MR) is 85.8 cm³/mol. The summed E-state index contributed by atoms with van der Waals surface area (Å²) in [5.41, 5.74) is 5.30. The molecule has 0 aliphatic carbocycles. The molecule has 0 atom stereocenters. The first kappa shape index (κ1) is 18.4. The third-order valence-electron chi connectivity index (χ3n) is 3.22. The molecule has 1 aromatic rings. The van der Waals surface area contributed by atoms with Crippen LogP contribution in [0.1, 0.15) is 0 Å². The summed E-state index contributed by atoms with van der Waals surface area (Å²) in [5, 5.41) is 0. The van der Waals surface area contributed by atoms with Gasteiger partial charge in [-0.2, -0.15) is 4.31 Å². The van der Waals surface area contributed by atoms with Gasteiger partial charge in [0.05, 0.1) is 11.4 Å². The van der Waals surface area contributed by atoms with Crippen LogP contribution in [0.15, 0.2) is 33.6 Å². The Morgan fingerprint density at radius 3 is 2.14 bits per heavy atom. The van der Waals surface area contributed by atoms with Crippen molar-refractivity contribution in [1.29, 1.82) is 0 Å². The maximum absolute atomic E-state index is 12.4. The summed E-state index contributed by atoms with van der Waals surface area (Å²) in [7, 11) is -3.49. The predicted octanol–water partition coefficient (Wildman–Crippen LogP) is 0.662. The van der Waals surface area contributed by atoms with Crippen molar-refractivity contribution in [2.45, 2.75) is 4.90 Å². The largest absolute Gasteiger partial charge is 0.339 e. The van der Waals surface area contributed by atoms with Crippen molar-refractivity contribution in [3.8, 4) is 0 Å². The van der Waals surface area contributed by atoms with Crippen LogP contribution < -0.4 is 5.73 Å². The van der Waals surface area contributed by atoms with E-state index < -0.39 is 10.0 Å². The van der Waals surface area contributed by atoms with Gasteiger partial charge in [0.15, 0.2) is 0 Å². The molecule has 1 saturated heterocycles. The maximum atomic E-state index is 12.4. The van der Waals surface area contributed by atoms with Crippen LogP contribution in [-0.4, -0.2) is 56.3 Å². The number of carbonyl (C=O) groups is 1. The van der Waals surface area contributed by atoms with E-state index in [-0.39, 0.29) is 29.8 Å². The Balaban J connectivity index is 0.00000220. The minimum Gasteiger partial charge on any atom is -0.339 e. The van der Waals surface area contributed by atoms with Gasteiger partial charge in [0.25, 0.3) is 0 Å². The molecule has 0 spiro atoms. The van der Waals surface area contributed by atoms with Gasteiger partial charge in [-0.05, 0) is 24.3 Å². The first-order chi connectivity index (χ1) is 9.45. The fraction of sp³-hybridized carbons (Fsp3) is 0.417. The Morgan fingerprint density at radius 2 is 1.67 bits per heavy atom. The first-order valence-corrected chi connectivity index (χ1v) is 8.42. The molecule has 2 N–H and O–H groups in total. The van der Waals surface area contributed by atoms with Gasteiger partial charge in [-0.25, -0.2) is 8.42 Å². The van der Waals surface area contributed by atoms with E-state index in [4.69, 9.17) is 5.73 Å². The van der Waals surface area contributed by atoms with Gasteiger partial charge >= 0.3 is 0 Å². The number of nitrogens with zero attached hydrogens (tertiary/aromatic N) is 2. The van der Waals surface area contributed by atoms with Gasteiger partial charge in [-0.3, -0.25) is 4.79 Å². The van der Waals surface area contributed by atoms with Crippen LogP contribution in [0.5, 0.6) is 0 Å². The molecular weight excluding hydrogens is 382 g/mol. The van der Waals surface area contributed by atoms with E-state index in [1.165, 1.54) is 4.31 Å². The number of piperazine rings is 1. The monoisotopic (exact) mass is 397 g/mol. The fourth-order valence-corrected chi connectivity index (χ4v) is 3.75. The molecule has 1 fully saturated rings. The third kappa shape index (κ3) is 4.17. The van der Waals surface area contributed by atoms with Crippen molar-refractivity contribution >= 4 is 44.3 Å². The molecule has 0 saturated carbocycles. The number of carbonyl (C=O) groups excluding carboxylic acids is 1. The van der Waals surface area contributed by atoms with Crippen molar-refractivity contribution in [3.63, 3.8) is 0 Å². The van der Waals surface area contributed by atoms with E-state index in [1.54, 1.807) is 29.2 Å². The second kappa shape index (κ2) is 7.55. The van der Waals surface area contributed by atoms with Gasteiger partial charge in [-0.15, -0.1) is 12.4 Å². The Hall–Kier alpha value is -0.670. The maximum Gasteiger partial charge on any atom is 0.243 e. The van der Waals surface area contributed by atoms with E-state index in [0.29, 0.717) is 26.2 Å². The second-order valence-electron chi connectivity index (χ2n) is 4.44. The zero-order valence-electron chi connectivity index (χ0n) is 11.2. The molecule has 0 radical (unpaired) electrons. The summed E-state index contributed by atoms with van der Waals surface area (Å²) in [4.78, 5) is 13.3. The summed E-state index contributed by atoms with van der Waals surface area (Å²) >= 11 is 3.28. The van der Waals surface area contributed by atoms with Crippen LogP contribution in [0.25, 0.3) is 0 Å². The minimum absolute atomic E-state index is 0. The molecule has 118 valence electrons. The lowest BCUT2D eigenvalue weighted by Crippen LogP contribution is -2.51. The summed E-state index contributed by atoms with van der Waals surface area (Å²) in [6.07, 6.45) is 0. The van der Waals surface area contributed by atoms with Crippen LogP contribution in [-0.2, 0) is 14.8 Å². The van der Waals surface area contributed by atoms with Crippen molar-refractivity contribution in [1.82, 2.24) is 9.21 Å². The van der Waals surface area contributed by atoms with Crippen LogP contribution in [0.2, 0.25) is 0 Å². The van der Waals surface area contributed by atoms with E-state index in [2.05, 4.69) is 15.9 Å². The molecule has 9 heteroatoms. The standard InChI is InChI=1S/C12H16BrN3O3S.ClH/c13-10-1-3-11(4-2-10)20(18,19)16-7-5-15(6-8-16)12(17)9-14;/h1-4H,5-9,14H2;1H. The number of nitrogens with two attached hydrogens (primary N) is 1. The van der Waals surface area contributed by atoms with E-state index in [0.717, 1.165) is 4.47 Å².